The number of carboxylic acid groups (broad SMARTS) is 1. The highest BCUT2D eigenvalue weighted by molar-refractivity contribution is 5.87. The van der Waals surface area contributed by atoms with Crippen LogP contribution in [0, 0.1) is 23.7 Å². The van der Waals surface area contributed by atoms with Gasteiger partial charge in [-0.15, -0.1) is 0 Å². The van der Waals surface area contributed by atoms with Crippen LogP contribution in [0.5, 0.6) is 0 Å². The van der Waals surface area contributed by atoms with E-state index in [1.165, 1.54) is 0 Å². The minimum atomic E-state index is -0.846. The molecule has 5 heteroatoms. The second-order valence-electron chi connectivity index (χ2n) is 6.53. The lowest BCUT2D eigenvalue weighted by atomic mass is 9.80. The summed E-state index contributed by atoms with van der Waals surface area (Å²) in [6.45, 7) is 0.611. The lowest BCUT2D eigenvalue weighted by Crippen LogP contribution is -2.50. The fourth-order valence-electron chi connectivity index (χ4n) is 4.10. The summed E-state index contributed by atoms with van der Waals surface area (Å²) >= 11 is 0. The Morgan fingerprint density at radius 1 is 1.14 bits per heavy atom. The van der Waals surface area contributed by atoms with Crippen molar-refractivity contribution in [2.45, 2.75) is 38.1 Å². The van der Waals surface area contributed by atoms with Crippen LogP contribution in [0.3, 0.4) is 0 Å². The first kappa shape index (κ1) is 14.6. The van der Waals surface area contributed by atoms with Crippen LogP contribution in [0.4, 0.5) is 0 Å². The average Bonchev–Trinajstić information content (AvgIpc) is 3.00. The summed E-state index contributed by atoms with van der Waals surface area (Å²) in [7, 11) is 0. The fourth-order valence-corrected chi connectivity index (χ4v) is 4.10. The molecule has 1 amide bonds. The van der Waals surface area contributed by atoms with Crippen molar-refractivity contribution in [3.05, 3.63) is 12.2 Å². The highest BCUT2D eigenvalue weighted by atomic mass is 16.4. The molecule has 3 rings (SSSR count). The van der Waals surface area contributed by atoms with Crippen LogP contribution in [0.1, 0.15) is 32.1 Å². The Morgan fingerprint density at radius 3 is 2.33 bits per heavy atom. The zero-order valence-corrected chi connectivity index (χ0v) is 12.1. The molecule has 4 atom stereocenters. The number of aliphatic hydroxyl groups excluding tert-OH is 1. The van der Waals surface area contributed by atoms with E-state index < -0.39 is 17.8 Å². The predicted molar refractivity (Wildman–Crippen MR) is 76.4 cm³/mol. The number of aliphatic hydroxyl groups is 1. The highest BCUT2D eigenvalue weighted by Crippen LogP contribution is 2.49. The molecule has 0 aromatic rings. The quantitative estimate of drug-likeness (QED) is 0.723. The lowest BCUT2D eigenvalue weighted by Gasteiger charge is -2.40. The van der Waals surface area contributed by atoms with E-state index in [1.54, 1.807) is 0 Å². The predicted octanol–water partition coefficient (Wildman–Crippen LogP) is 1.27. The molecule has 21 heavy (non-hydrogen) atoms. The molecular formula is C16H23NO4. The minimum Gasteiger partial charge on any atom is -0.481 e. The largest absolute Gasteiger partial charge is 0.481 e. The molecule has 3 aliphatic carbocycles. The van der Waals surface area contributed by atoms with Crippen molar-refractivity contribution in [1.29, 1.82) is 0 Å². The molecule has 2 N–H and O–H groups in total. The summed E-state index contributed by atoms with van der Waals surface area (Å²) in [5.74, 6) is -1.72. The first-order chi connectivity index (χ1) is 10.1. The third-order valence-corrected chi connectivity index (χ3v) is 5.39. The van der Waals surface area contributed by atoms with E-state index in [4.69, 9.17) is 5.11 Å². The summed E-state index contributed by atoms with van der Waals surface area (Å²) in [6.07, 6.45) is 8.50. The maximum Gasteiger partial charge on any atom is 0.307 e. The molecule has 0 saturated heterocycles. The maximum atomic E-state index is 12.9. The first-order valence-electron chi connectivity index (χ1n) is 7.96. The molecule has 2 bridgehead atoms. The van der Waals surface area contributed by atoms with Crippen LogP contribution in [-0.4, -0.2) is 46.2 Å². The van der Waals surface area contributed by atoms with Gasteiger partial charge < -0.3 is 15.1 Å². The molecule has 0 aromatic heterocycles. The summed E-state index contributed by atoms with van der Waals surface area (Å²) in [5, 5.41) is 18.5. The summed E-state index contributed by atoms with van der Waals surface area (Å²) in [4.78, 5) is 26.3. The van der Waals surface area contributed by atoms with E-state index in [0.717, 1.165) is 25.7 Å². The zero-order valence-electron chi connectivity index (χ0n) is 12.1. The topological polar surface area (TPSA) is 77.8 Å². The Bertz CT molecular complexity index is 457. The highest BCUT2D eigenvalue weighted by Gasteiger charge is 2.53. The van der Waals surface area contributed by atoms with Crippen LogP contribution in [-0.2, 0) is 9.59 Å². The van der Waals surface area contributed by atoms with Crippen LogP contribution in [0.15, 0.2) is 12.2 Å². The SMILES string of the molecule is O=C(O)C1C2C=CC(C2)C1C(=O)N(CCCO)C1CCC1. The number of nitrogens with zero attached hydrogens (tertiary/aromatic N) is 1. The number of aliphatic carboxylic acids is 1. The van der Waals surface area contributed by atoms with Gasteiger partial charge in [-0.2, -0.15) is 0 Å². The third kappa shape index (κ3) is 2.48. The number of amides is 1. The Hall–Kier alpha value is -1.36. The molecule has 0 aliphatic heterocycles. The van der Waals surface area contributed by atoms with Crippen LogP contribution in [0.25, 0.3) is 0 Å². The monoisotopic (exact) mass is 293 g/mol. The van der Waals surface area contributed by atoms with Gasteiger partial charge in [0, 0.05) is 19.2 Å². The first-order valence-corrected chi connectivity index (χ1v) is 7.96. The molecule has 5 nitrogen and oxygen atoms in total. The second kappa shape index (κ2) is 5.79. The molecule has 0 aromatic carbocycles. The number of carbonyl (C=O) groups excluding carboxylic acids is 1. The van der Waals surface area contributed by atoms with Gasteiger partial charge in [-0.3, -0.25) is 9.59 Å². The van der Waals surface area contributed by atoms with Crippen molar-refractivity contribution in [3.63, 3.8) is 0 Å². The zero-order chi connectivity index (χ0) is 15.0. The molecule has 116 valence electrons. The minimum absolute atomic E-state index is 0.00241. The van der Waals surface area contributed by atoms with Gasteiger partial charge in [0.15, 0.2) is 0 Å². The maximum absolute atomic E-state index is 12.9. The standard InChI is InChI=1S/C16H23NO4/c18-8-2-7-17(12-3-1-4-12)15(19)13-10-5-6-11(9-10)14(13)16(20)21/h5-6,10-14,18H,1-4,7-9H2,(H,20,21). The van der Waals surface area contributed by atoms with Crippen molar-refractivity contribution < 1.29 is 19.8 Å². The number of carbonyl (C=O) groups is 2. The van der Waals surface area contributed by atoms with Crippen LogP contribution >= 0.6 is 0 Å². The van der Waals surface area contributed by atoms with Crippen molar-refractivity contribution in [2.24, 2.45) is 23.7 Å². The van der Waals surface area contributed by atoms with Gasteiger partial charge in [-0.25, -0.2) is 0 Å². The van der Waals surface area contributed by atoms with E-state index in [0.29, 0.717) is 13.0 Å². The number of hydrogen-bond donors (Lipinski definition) is 2. The van der Waals surface area contributed by atoms with Crippen LogP contribution in [0.2, 0.25) is 0 Å². The number of rotatable bonds is 6. The van der Waals surface area contributed by atoms with Gasteiger partial charge in [0.05, 0.1) is 11.8 Å². The molecule has 3 aliphatic rings. The van der Waals surface area contributed by atoms with Gasteiger partial charge in [-0.1, -0.05) is 12.2 Å². The smallest absolute Gasteiger partial charge is 0.307 e. The number of fused-ring (bicyclic) bond motifs is 2. The molecule has 0 radical (unpaired) electrons. The molecule has 2 fully saturated rings. The number of carboxylic acids is 1. The number of hydrogen-bond acceptors (Lipinski definition) is 3. The molecule has 4 unspecified atom stereocenters. The van der Waals surface area contributed by atoms with Gasteiger partial charge in [0.25, 0.3) is 0 Å². The molecular weight excluding hydrogens is 270 g/mol. The van der Waals surface area contributed by atoms with Crippen molar-refractivity contribution in [2.75, 3.05) is 13.2 Å². The summed E-state index contributed by atoms with van der Waals surface area (Å²) in [5.41, 5.74) is 0. The fraction of sp³-hybridized carbons (Fsp3) is 0.750. The van der Waals surface area contributed by atoms with E-state index in [9.17, 15) is 14.7 Å². The molecule has 0 heterocycles. The van der Waals surface area contributed by atoms with Gasteiger partial charge in [-0.05, 0) is 43.9 Å². The Labute approximate surface area is 124 Å². The van der Waals surface area contributed by atoms with Crippen molar-refractivity contribution >= 4 is 11.9 Å². The molecule has 2 saturated carbocycles. The molecule has 0 spiro atoms. The Balaban J connectivity index is 1.78. The third-order valence-electron chi connectivity index (χ3n) is 5.39. The van der Waals surface area contributed by atoms with Gasteiger partial charge >= 0.3 is 5.97 Å². The average molecular weight is 293 g/mol. The summed E-state index contributed by atoms with van der Waals surface area (Å²) < 4.78 is 0. The normalized spacial score (nSPS) is 34.0. The van der Waals surface area contributed by atoms with E-state index in [1.807, 2.05) is 17.1 Å². The van der Waals surface area contributed by atoms with Gasteiger partial charge in [0.2, 0.25) is 5.91 Å². The van der Waals surface area contributed by atoms with Crippen molar-refractivity contribution in [1.82, 2.24) is 4.90 Å². The Kier molecular flexibility index (Phi) is 4.02. The lowest BCUT2D eigenvalue weighted by molar-refractivity contribution is -0.153. The summed E-state index contributed by atoms with van der Waals surface area (Å²) in [6, 6.07) is 0.251. The van der Waals surface area contributed by atoms with E-state index in [2.05, 4.69) is 0 Å². The van der Waals surface area contributed by atoms with E-state index >= 15 is 0 Å². The van der Waals surface area contributed by atoms with Crippen molar-refractivity contribution in [3.8, 4) is 0 Å². The Morgan fingerprint density at radius 2 is 1.81 bits per heavy atom. The van der Waals surface area contributed by atoms with E-state index in [-0.39, 0.29) is 30.4 Å². The second-order valence-corrected chi connectivity index (χ2v) is 6.53. The van der Waals surface area contributed by atoms with Gasteiger partial charge in [0.1, 0.15) is 0 Å². The number of allylic oxidation sites excluding steroid dienone is 2. The van der Waals surface area contributed by atoms with Crippen LogP contribution < -0.4 is 0 Å².